The van der Waals surface area contributed by atoms with Crippen LogP contribution < -0.4 is 10.4 Å². The number of hydrogen-bond donors (Lipinski definition) is 1. The molecular formula is C29H41ClN8O. The van der Waals surface area contributed by atoms with Crippen LogP contribution in [0.1, 0.15) is 61.3 Å². The van der Waals surface area contributed by atoms with Crippen LogP contribution in [0.3, 0.4) is 0 Å². The van der Waals surface area contributed by atoms with Crippen LogP contribution in [0.15, 0.2) is 30.5 Å². The van der Waals surface area contributed by atoms with E-state index in [2.05, 4.69) is 36.2 Å². The van der Waals surface area contributed by atoms with Gasteiger partial charge >= 0.3 is 0 Å². The Labute approximate surface area is 237 Å². The number of nitriles is 1. The Bertz CT molecular complexity index is 1120. The van der Waals surface area contributed by atoms with Gasteiger partial charge in [0.15, 0.2) is 5.82 Å². The Morgan fingerprint density at radius 1 is 1.08 bits per heavy atom. The Morgan fingerprint density at radius 2 is 1.77 bits per heavy atom. The van der Waals surface area contributed by atoms with Gasteiger partial charge in [-0.1, -0.05) is 44.0 Å². The van der Waals surface area contributed by atoms with Gasteiger partial charge in [-0.3, -0.25) is 20.1 Å². The lowest BCUT2D eigenvalue weighted by molar-refractivity contribution is 0.0947. The van der Waals surface area contributed by atoms with Crippen molar-refractivity contribution in [2.24, 2.45) is 5.92 Å². The molecule has 0 atom stereocenters. The lowest BCUT2D eigenvalue weighted by Gasteiger charge is -2.35. The summed E-state index contributed by atoms with van der Waals surface area (Å²) in [6, 6.07) is 9.71. The third-order valence-electron chi connectivity index (χ3n) is 7.32. The minimum atomic E-state index is -0.246. The van der Waals surface area contributed by atoms with Crippen LogP contribution in [0.5, 0.6) is 0 Å². The molecule has 9 nitrogen and oxygen atoms in total. The summed E-state index contributed by atoms with van der Waals surface area (Å²) in [6.45, 7) is 14.6. The molecule has 0 unspecified atom stereocenters. The molecule has 4 rings (SSSR count). The second-order valence-corrected chi connectivity index (χ2v) is 11.4. The number of halogens is 1. The number of rotatable bonds is 11. The Kier molecular flexibility index (Phi) is 10.9. The van der Waals surface area contributed by atoms with Crippen molar-refractivity contribution in [3.8, 4) is 6.07 Å². The maximum atomic E-state index is 13.2. The molecule has 1 amide bonds. The van der Waals surface area contributed by atoms with E-state index in [0.717, 1.165) is 38.3 Å². The van der Waals surface area contributed by atoms with Gasteiger partial charge in [0.2, 0.25) is 5.82 Å². The highest BCUT2D eigenvalue weighted by Gasteiger charge is 2.21. The van der Waals surface area contributed by atoms with Gasteiger partial charge in [-0.05, 0) is 69.1 Å². The van der Waals surface area contributed by atoms with Crippen molar-refractivity contribution in [3.05, 3.63) is 52.4 Å². The normalized spacial score (nSPS) is 17.2. The van der Waals surface area contributed by atoms with Crippen molar-refractivity contribution in [1.82, 2.24) is 30.1 Å². The number of hydrogen-bond acceptors (Lipinski definition) is 8. The van der Waals surface area contributed by atoms with Crippen molar-refractivity contribution in [3.63, 3.8) is 0 Å². The highest BCUT2D eigenvalue weighted by atomic mass is 35.5. The van der Waals surface area contributed by atoms with Gasteiger partial charge in [0.05, 0.1) is 6.20 Å². The highest BCUT2D eigenvalue weighted by molar-refractivity contribution is 6.32. The number of carbonyl (C=O) groups is 1. The summed E-state index contributed by atoms with van der Waals surface area (Å²) < 4.78 is 0. The van der Waals surface area contributed by atoms with E-state index in [0.29, 0.717) is 17.9 Å². The minimum absolute atomic E-state index is 0.00139. The molecule has 2 aliphatic heterocycles. The van der Waals surface area contributed by atoms with Crippen LogP contribution in [-0.2, 0) is 6.54 Å². The predicted octanol–water partition coefficient (Wildman–Crippen LogP) is 3.80. The zero-order chi connectivity index (χ0) is 27.6. The molecule has 2 saturated heterocycles. The first-order valence-corrected chi connectivity index (χ1v) is 14.6. The number of aromatic nitrogens is 2. The molecule has 2 aromatic rings. The first kappa shape index (κ1) is 29.2. The molecule has 1 N–H and O–H groups in total. The topological polar surface area (TPSA) is 91.6 Å². The van der Waals surface area contributed by atoms with Crippen molar-refractivity contribution in [1.29, 1.82) is 5.26 Å². The molecule has 10 heteroatoms. The minimum Gasteiger partial charge on any atom is -0.303 e. The first-order valence-electron chi connectivity index (χ1n) is 14.2. The van der Waals surface area contributed by atoms with Gasteiger partial charge < -0.3 is 9.80 Å². The summed E-state index contributed by atoms with van der Waals surface area (Å²) in [5.41, 5.74) is 4.63. The molecule has 39 heavy (non-hydrogen) atoms. The van der Waals surface area contributed by atoms with E-state index >= 15 is 0 Å². The average Bonchev–Trinajstić information content (AvgIpc) is 2.94. The van der Waals surface area contributed by atoms with Crippen LogP contribution in [0, 0.1) is 17.2 Å². The summed E-state index contributed by atoms with van der Waals surface area (Å²) in [4.78, 5) is 29.1. The molecule has 2 aliphatic rings. The van der Waals surface area contributed by atoms with E-state index in [1.54, 1.807) is 5.01 Å². The molecule has 0 saturated carbocycles. The predicted molar refractivity (Wildman–Crippen MR) is 154 cm³/mol. The number of nitrogens with zero attached hydrogens (tertiary/aromatic N) is 7. The fraction of sp³-hybridized carbons (Fsp3) is 0.586. The lowest BCUT2D eigenvalue weighted by atomic mass is 10.1. The van der Waals surface area contributed by atoms with Crippen molar-refractivity contribution < 1.29 is 4.79 Å². The number of piperazine rings is 1. The number of anilines is 1. The van der Waals surface area contributed by atoms with Crippen LogP contribution in [0.2, 0.25) is 5.02 Å². The van der Waals surface area contributed by atoms with Gasteiger partial charge in [-0.2, -0.15) is 10.2 Å². The number of carbonyl (C=O) groups excluding carboxylic acids is 1. The Balaban J connectivity index is 1.29. The van der Waals surface area contributed by atoms with Gasteiger partial charge in [0, 0.05) is 44.8 Å². The number of likely N-dealkylation sites (tertiary alicyclic amines) is 1. The fourth-order valence-electron chi connectivity index (χ4n) is 5.28. The maximum Gasteiger partial charge on any atom is 0.269 e. The molecule has 1 aromatic carbocycles. The third kappa shape index (κ3) is 8.87. The van der Waals surface area contributed by atoms with E-state index in [1.807, 2.05) is 38.1 Å². The van der Waals surface area contributed by atoms with E-state index in [1.165, 1.54) is 58.1 Å². The van der Waals surface area contributed by atoms with Crippen molar-refractivity contribution >= 4 is 23.3 Å². The quantitative estimate of drug-likeness (QED) is 0.421. The van der Waals surface area contributed by atoms with Crippen LogP contribution >= 0.6 is 11.6 Å². The van der Waals surface area contributed by atoms with E-state index < -0.39 is 0 Å². The lowest BCUT2D eigenvalue weighted by Crippen LogP contribution is -2.46. The number of piperidine rings is 1. The molecule has 2 fully saturated rings. The van der Waals surface area contributed by atoms with Gasteiger partial charge in [-0.25, -0.2) is 4.98 Å². The zero-order valence-corrected chi connectivity index (χ0v) is 24.0. The first-order chi connectivity index (χ1) is 18.9. The molecule has 0 aliphatic carbocycles. The number of benzene rings is 1. The Hall–Kier alpha value is -2.77. The average molecular weight is 553 g/mol. The SMILES string of the molecule is CC(C)CN(NC(=O)c1cccc(CN2CCN(CCCN3CCCCC3)CC2)c1)c1nc(C#N)ncc1Cl. The standard InChI is InChI=1S/C29H41ClN8O/c1-23(2)21-38(28-26(30)20-32-27(19-31)33-28)34-29(39)25-9-6-8-24(18-25)22-37-16-14-36(15-17-37)13-7-12-35-10-4-3-5-11-35/h6,8-9,18,20,23H,3-5,7,10-17,21-22H2,1-2H3,(H,34,39). The van der Waals surface area contributed by atoms with E-state index in [4.69, 9.17) is 11.6 Å². The van der Waals surface area contributed by atoms with Crippen molar-refractivity contribution in [2.75, 3.05) is 63.9 Å². The summed E-state index contributed by atoms with van der Waals surface area (Å²) in [5.74, 6) is 0.289. The summed E-state index contributed by atoms with van der Waals surface area (Å²) in [6.07, 6.45) is 6.75. The fourth-order valence-corrected chi connectivity index (χ4v) is 5.47. The second-order valence-electron chi connectivity index (χ2n) is 11.0. The van der Waals surface area contributed by atoms with Gasteiger partial charge in [0.1, 0.15) is 11.1 Å². The third-order valence-corrected chi connectivity index (χ3v) is 7.59. The van der Waals surface area contributed by atoms with Crippen molar-refractivity contribution in [2.45, 2.75) is 46.1 Å². The molecule has 3 heterocycles. The number of hydrazine groups is 1. The Morgan fingerprint density at radius 3 is 2.46 bits per heavy atom. The van der Waals surface area contributed by atoms with E-state index in [9.17, 15) is 10.1 Å². The molecule has 0 spiro atoms. The molecule has 210 valence electrons. The maximum absolute atomic E-state index is 13.2. The largest absolute Gasteiger partial charge is 0.303 e. The number of nitrogens with one attached hydrogen (secondary N) is 1. The van der Waals surface area contributed by atoms with Gasteiger partial charge in [0.25, 0.3) is 5.91 Å². The molecule has 0 bridgehead atoms. The molecule has 0 radical (unpaired) electrons. The van der Waals surface area contributed by atoms with E-state index in [-0.39, 0.29) is 22.7 Å². The summed E-state index contributed by atoms with van der Waals surface area (Å²) >= 11 is 6.33. The monoisotopic (exact) mass is 552 g/mol. The summed E-state index contributed by atoms with van der Waals surface area (Å²) in [7, 11) is 0. The molecule has 1 aromatic heterocycles. The zero-order valence-electron chi connectivity index (χ0n) is 23.3. The number of amides is 1. The molecular weight excluding hydrogens is 512 g/mol. The van der Waals surface area contributed by atoms with Gasteiger partial charge in [-0.15, -0.1) is 0 Å². The van der Waals surface area contributed by atoms with Crippen LogP contribution in [0.25, 0.3) is 0 Å². The van der Waals surface area contributed by atoms with Crippen LogP contribution in [0.4, 0.5) is 5.82 Å². The summed E-state index contributed by atoms with van der Waals surface area (Å²) in [5, 5.41) is 11.1. The second kappa shape index (κ2) is 14.6. The van der Waals surface area contributed by atoms with Crippen LogP contribution in [-0.4, -0.2) is 89.5 Å². The highest BCUT2D eigenvalue weighted by Crippen LogP contribution is 2.22. The smallest absolute Gasteiger partial charge is 0.269 e.